The van der Waals surface area contributed by atoms with Crippen LogP contribution >= 0.6 is 27.7 Å². The Morgan fingerprint density at radius 2 is 2.00 bits per heavy atom. The molecule has 6 nitrogen and oxygen atoms in total. The molecule has 2 aromatic carbocycles. The fourth-order valence-corrected chi connectivity index (χ4v) is 4.08. The summed E-state index contributed by atoms with van der Waals surface area (Å²) < 4.78 is 7.57. The minimum atomic E-state index is -0.332. The molecular formula is C21H16BrN3O3S. The molecule has 29 heavy (non-hydrogen) atoms. The first-order valence-corrected chi connectivity index (χ1v) is 10.3. The van der Waals surface area contributed by atoms with Crippen molar-refractivity contribution in [1.29, 1.82) is 0 Å². The number of amidine groups is 1. The fourth-order valence-electron chi connectivity index (χ4n) is 2.98. The number of hydrogen-bond donors (Lipinski definition) is 1. The fraction of sp³-hybridized carbons (Fsp3) is 0.0952. The Hall–Kier alpha value is -2.84. The van der Waals surface area contributed by atoms with Crippen LogP contribution in [-0.4, -0.2) is 28.7 Å². The molecule has 1 fully saturated rings. The second kappa shape index (κ2) is 8.26. The van der Waals surface area contributed by atoms with Crippen molar-refractivity contribution in [3.63, 3.8) is 0 Å². The summed E-state index contributed by atoms with van der Waals surface area (Å²) in [6.07, 6.45) is 3.67. The number of para-hydroxylation sites is 1. The highest BCUT2D eigenvalue weighted by Crippen LogP contribution is 2.31. The zero-order valence-corrected chi connectivity index (χ0v) is 17.8. The Balaban J connectivity index is 1.65. The van der Waals surface area contributed by atoms with Crippen LogP contribution in [0.4, 0.5) is 5.69 Å². The summed E-state index contributed by atoms with van der Waals surface area (Å²) in [5.41, 5.74) is 2.51. The maximum Gasteiger partial charge on any atom is 0.325 e. The first-order valence-electron chi connectivity index (χ1n) is 8.73. The smallest absolute Gasteiger partial charge is 0.325 e. The number of benzene rings is 2. The number of nitrogens with one attached hydrogen (secondary N) is 1. The molecule has 1 saturated heterocycles. The Bertz CT molecular complexity index is 1170. The molecule has 2 heterocycles. The SMILES string of the molecule is COC(=O)Cn1cc(/C=C2\SC(=Nc3ccc(Br)cc3)NC2=O)c2ccccc21. The van der Waals surface area contributed by atoms with Crippen LogP contribution in [-0.2, 0) is 20.9 Å². The van der Waals surface area contributed by atoms with Crippen LogP contribution in [0.25, 0.3) is 17.0 Å². The molecule has 0 spiro atoms. The van der Waals surface area contributed by atoms with Gasteiger partial charge in [0.15, 0.2) is 5.17 Å². The number of amides is 1. The number of carbonyl (C=O) groups is 2. The van der Waals surface area contributed by atoms with Gasteiger partial charge in [-0.25, -0.2) is 4.99 Å². The Kier molecular flexibility index (Phi) is 5.55. The Morgan fingerprint density at radius 3 is 2.76 bits per heavy atom. The van der Waals surface area contributed by atoms with Crippen molar-refractivity contribution in [2.75, 3.05) is 7.11 Å². The number of carbonyl (C=O) groups excluding carboxylic acids is 2. The van der Waals surface area contributed by atoms with E-state index in [2.05, 4.69) is 26.2 Å². The number of methoxy groups -OCH3 is 1. The summed E-state index contributed by atoms with van der Waals surface area (Å²) in [5.74, 6) is -0.530. The molecule has 1 amide bonds. The first kappa shape index (κ1) is 19.5. The number of ether oxygens (including phenoxy) is 1. The predicted molar refractivity (Wildman–Crippen MR) is 119 cm³/mol. The molecule has 146 valence electrons. The van der Waals surface area contributed by atoms with Crippen molar-refractivity contribution >= 4 is 67.4 Å². The van der Waals surface area contributed by atoms with E-state index in [1.807, 2.05) is 65.4 Å². The molecule has 4 rings (SSSR count). The average molecular weight is 470 g/mol. The molecule has 1 N–H and O–H groups in total. The van der Waals surface area contributed by atoms with E-state index >= 15 is 0 Å². The van der Waals surface area contributed by atoms with Crippen molar-refractivity contribution in [3.8, 4) is 0 Å². The summed E-state index contributed by atoms with van der Waals surface area (Å²) >= 11 is 4.68. The highest BCUT2D eigenvalue weighted by atomic mass is 79.9. The second-order valence-corrected chi connectivity index (χ2v) is 8.21. The zero-order chi connectivity index (χ0) is 20.4. The first-order chi connectivity index (χ1) is 14.0. The minimum Gasteiger partial charge on any atom is -0.468 e. The van der Waals surface area contributed by atoms with Crippen molar-refractivity contribution in [1.82, 2.24) is 9.88 Å². The van der Waals surface area contributed by atoms with Crippen molar-refractivity contribution in [2.45, 2.75) is 6.54 Å². The van der Waals surface area contributed by atoms with Gasteiger partial charge in [-0.1, -0.05) is 34.1 Å². The highest BCUT2D eigenvalue weighted by molar-refractivity contribution is 9.10. The Labute approximate surface area is 179 Å². The van der Waals surface area contributed by atoms with E-state index in [0.717, 1.165) is 26.6 Å². The summed E-state index contributed by atoms with van der Waals surface area (Å²) in [5, 5.41) is 4.28. The molecule has 0 atom stereocenters. The number of hydrogen-bond acceptors (Lipinski definition) is 5. The summed E-state index contributed by atoms with van der Waals surface area (Å²) in [4.78, 5) is 29.2. The molecule has 1 aromatic heterocycles. The van der Waals surface area contributed by atoms with Gasteiger partial charge in [0.2, 0.25) is 0 Å². The lowest BCUT2D eigenvalue weighted by Gasteiger charge is -2.02. The van der Waals surface area contributed by atoms with Gasteiger partial charge in [0, 0.05) is 27.1 Å². The van der Waals surface area contributed by atoms with Gasteiger partial charge >= 0.3 is 5.97 Å². The van der Waals surface area contributed by atoms with Crippen LogP contribution in [0.2, 0.25) is 0 Å². The van der Waals surface area contributed by atoms with Gasteiger partial charge in [-0.2, -0.15) is 0 Å². The predicted octanol–water partition coefficient (Wildman–Crippen LogP) is 4.47. The van der Waals surface area contributed by atoms with Crippen LogP contribution in [0, 0.1) is 0 Å². The van der Waals surface area contributed by atoms with Crippen molar-refractivity contribution in [3.05, 3.63) is 69.7 Å². The third kappa shape index (κ3) is 4.28. The number of rotatable bonds is 4. The monoisotopic (exact) mass is 469 g/mol. The van der Waals surface area contributed by atoms with E-state index in [4.69, 9.17) is 4.74 Å². The number of esters is 1. The van der Waals surface area contributed by atoms with E-state index in [0.29, 0.717) is 10.1 Å². The highest BCUT2D eigenvalue weighted by Gasteiger charge is 2.24. The summed E-state index contributed by atoms with van der Waals surface area (Å²) in [6, 6.07) is 15.3. The van der Waals surface area contributed by atoms with Crippen molar-refractivity contribution in [2.24, 2.45) is 4.99 Å². The second-order valence-electron chi connectivity index (χ2n) is 6.26. The normalized spacial score (nSPS) is 16.6. The lowest BCUT2D eigenvalue weighted by Crippen LogP contribution is -2.19. The molecule has 3 aromatic rings. The van der Waals surface area contributed by atoms with E-state index in [1.165, 1.54) is 18.9 Å². The quantitative estimate of drug-likeness (QED) is 0.451. The standard InChI is InChI=1S/C21H16BrN3O3S/c1-28-19(26)12-25-11-13(16-4-2-3-5-17(16)25)10-18-20(27)24-21(29-18)23-15-8-6-14(22)7-9-15/h2-11H,12H2,1H3,(H,23,24,27)/b18-10-. The van der Waals surface area contributed by atoms with E-state index < -0.39 is 0 Å². The van der Waals surface area contributed by atoms with E-state index in [1.54, 1.807) is 0 Å². The van der Waals surface area contributed by atoms with Gasteiger partial charge < -0.3 is 14.6 Å². The molecule has 8 heteroatoms. The lowest BCUT2D eigenvalue weighted by atomic mass is 10.1. The number of aliphatic imine (C=N–C) groups is 1. The topological polar surface area (TPSA) is 72.7 Å². The van der Waals surface area contributed by atoms with Gasteiger partial charge in [0.1, 0.15) is 6.54 Å². The molecule has 0 aliphatic carbocycles. The molecule has 0 bridgehead atoms. The van der Waals surface area contributed by atoms with Crippen LogP contribution in [0.3, 0.4) is 0 Å². The van der Waals surface area contributed by atoms with Crippen LogP contribution < -0.4 is 5.32 Å². The molecule has 0 saturated carbocycles. The number of fused-ring (bicyclic) bond motifs is 1. The largest absolute Gasteiger partial charge is 0.468 e. The maximum absolute atomic E-state index is 12.4. The minimum absolute atomic E-state index is 0.107. The third-order valence-electron chi connectivity index (χ3n) is 4.34. The molecule has 0 unspecified atom stereocenters. The van der Waals surface area contributed by atoms with Crippen LogP contribution in [0.1, 0.15) is 5.56 Å². The summed E-state index contributed by atoms with van der Waals surface area (Å²) in [6.45, 7) is 0.107. The number of aromatic nitrogens is 1. The van der Waals surface area contributed by atoms with Gasteiger partial charge in [0.05, 0.1) is 17.7 Å². The number of thioether (sulfide) groups is 1. The Morgan fingerprint density at radius 1 is 1.24 bits per heavy atom. The number of halogens is 1. The molecule has 0 radical (unpaired) electrons. The third-order valence-corrected chi connectivity index (χ3v) is 5.78. The zero-order valence-electron chi connectivity index (χ0n) is 15.4. The number of nitrogens with zero attached hydrogens (tertiary/aromatic N) is 2. The van der Waals surface area contributed by atoms with Gasteiger partial charge in [0.25, 0.3) is 5.91 Å². The lowest BCUT2D eigenvalue weighted by molar-refractivity contribution is -0.141. The van der Waals surface area contributed by atoms with Crippen LogP contribution in [0.15, 0.2) is 69.1 Å². The van der Waals surface area contributed by atoms with E-state index in [9.17, 15) is 9.59 Å². The van der Waals surface area contributed by atoms with Crippen LogP contribution in [0.5, 0.6) is 0 Å². The van der Waals surface area contributed by atoms with E-state index in [-0.39, 0.29) is 18.4 Å². The van der Waals surface area contributed by atoms with Gasteiger partial charge in [-0.3, -0.25) is 9.59 Å². The van der Waals surface area contributed by atoms with Gasteiger partial charge in [-0.15, -0.1) is 0 Å². The molecule has 1 aliphatic heterocycles. The van der Waals surface area contributed by atoms with Crippen molar-refractivity contribution < 1.29 is 14.3 Å². The average Bonchev–Trinajstić information content (AvgIpc) is 3.24. The molecular weight excluding hydrogens is 454 g/mol. The summed E-state index contributed by atoms with van der Waals surface area (Å²) in [7, 11) is 1.36. The maximum atomic E-state index is 12.4. The van der Waals surface area contributed by atoms with Gasteiger partial charge in [-0.05, 0) is 48.2 Å². The molecule has 1 aliphatic rings.